The van der Waals surface area contributed by atoms with E-state index in [-0.39, 0.29) is 17.1 Å². The van der Waals surface area contributed by atoms with Crippen LogP contribution in [-0.2, 0) is 0 Å². The van der Waals surface area contributed by atoms with Gasteiger partial charge in [0.05, 0.1) is 16.7 Å². The Hall–Kier alpha value is -2.21. The van der Waals surface area contributed by atoms with Crippen LogP contribution in [0.15, 0.2) is 60.0 Å². The largest absolute Gasteiger partial charge is 0.387 e. The minimum atomic E-state index is -0.847. The van der Waals surface area contributed by atoms with Crippen LogP contribution in [0.3, 0.4) is 0 Å². The topological polar surface area (TPSA) is 49.3 Å². The van der Waals surface area contributed by atoms with Gasteiger partial charge in [-0.2, -0.15) is 0 Å². The normalized spacial score (nSPS) is 12.0. The predicted molar refractivity (Wildman–Crippen MR) is 98.5 cm³/mol. The predicted octanol–water partition coefficient (Wildman–Crippen LogP) is 4.67. The minimum Gasteiger partial charge on any atom is -0.387 e. The fraction of sp³-hybridized carbons (Fsp3) is 0.105. The summed E-state index contributed by atoms with van der Waals surface area (Å²) in [5, 5.41) is 14.9. The van der Waals surface area contributed by atoms with Gasteiger partial charge in [-0.25, -0.2) is 4.39 Å². The Morgan fingerprint density at radius 1 is 1.20 bits per heavy atom. The second kappa shape index (κ2) is 7.78. The lowest BCUT2D eigenvalue weighted by atomic mass is 10.1. The first kappa shape index (κ1) is 17.6. The Morgan fingerprint density at radius 3 is 2.60 bits per heavy atom. The molecule has 0 aliphatic carbocycles. The number of carbonyl (C=O) groups is 1. The monoisotopic (exact) mass is 375 g/mol. The lowest BCUT2D eigenvalue weighted by Crippen LogP contribution is -2.28. The summed E-state index contributed by atoms with van der Waals surface area (Å²) >= 11 is 7.51. The van der Waals surface area contributed by atoms with Gasteiger partial charge in [-0.3, -0.25) is 4.79 Å². The molecule has 6 heteroatoms. The Bertz CT molecular complexity index is 866. The van der Waals surface area contributed by atoms with E-state index in [9.17, 15) is 14.3 Å². The van der Waals surface area contributed by atoms with Gasteiger partial charge in [0.15, 0.2) is 0 Å². The lowest BCUT2D eigenvalue weighted by Gasteiger charge is -2.13. The van der Waals surface area contributed by atoms with Crippen molar-refractivity contribution in [2.24, 2.45) is 0 Å². The maximum Gasteiger partial charge on any atom is 0.252 e. The standard InChI is InChI=1S/C19H15ClFNO2S/c20-16-10-14(21)7-8-15(16)19(24)22-11-17(23)12-3-5-13(6-4-12)18-2-1-9-25-18/h1-10,17,23H,11H2,(H,22,24). The smallest absolute Gasteiger partial charge is 0.252 e. The molecule has 25 heavy (non-hydrogen) atoms. The first-order valence-corrected chi connectivity index (χ1v) is 8.85. The molecule has 0 saturated heterocycles. The van der Waals surface area contributed by atoms with E-state index in [1.807, 2.05) is 41.8 Å². The molecule has 1 amide bonds. The van der Waals surface area contributed by atoms with Crippen molar-refractivity contribution in [3.8, 4) is 10.4 Å². The Balaban J connectivity index is 1.62. The van der Waals surface area contributed by atoms with Crippen molar-refractivity contribution < 1.29 is 14.3 Å². The van der Waals surface area contributed by atoms with Crippen molar-refractivity contribution in [3.63, 3.8) is 0 Å². The summed E-state index contributed by atoms with van der Waals surface area (Å²) < 4.78 is 13.0. The molecule has 3 nitrogen and oxygen atoms in total. The third-order valence-electron chi connectivity index (χ3n) is 3.73. The molecule has 0 spiro atoms. The minimum absolute atomic E-state index is 0.0326. The zero-order valence-corrected chi connectivity index (χ0v) is 14.7. The fourth-order valence-corrected chi connectivity index (χ4v) is 3.37. The maximum absolute atomic E-state index is 13.0. The quantitative estimate of drug-likeness (QED) is 0.680. The van der Waals surface area contributed by atoms with Crippen molar-refractivity contribution >= 4 is 28.8 Å². The van der Waals surface area contributed by atoms with Gasteiger partial charge >= 0.3 is 0 Å². The highest BCUT2D eigenvalue weighted by molar-refractivity contribution is 7.13. The van der Waals surface area contributed by atoms with Crippen LogP contribution in [0, 0.1) is 5.82 Å². The highest BCUT2D eigenvalue weighted by Crippen LogP contribution is 2.26. The van der Waals surface area contributed by atoms with Gasteiger partial charge in [0.2, 0.25) is 0 Å². The van der Waals surface area contributed by atoms with Gasteiger partial charge in [0.25, 0.3) is 5.91 Å². The molecule has 1 atom stereocenters. The van der Waals surface area contributed by atoms with Crippen LogP contribution in [0.25, 0.3) is 10.4 Å². The second-order valence-electron chi connectivity index (χ2n) is 5.45. The van der Waals surface area contributed by atoms with Crippen LogP contribution in [0.4, 0.5) is 4.39 Å². The summed E-state index contributed by atoms with van der Waals surface area (Å²) in [4.78, 5) is 13.2. The van der Waals surface area contributed by atoms with E-state index >= 15 is 0 Å². The van der Waals surface area contributed by atoms with Gasteiger partial charge in [0, 0.05) is 11.4 Å². The van der Waals surface area contributed by atoms with Crippen molar-refractivity contribution in [3.05, 3.63) is 81.9 Å². The SMILES string of the molecule is O=C(NCC(O)c1ccc(-c2cccs2)cc1)c1ccc(F)cc1Cl. The molecule has 1 aromatic heterocycles. The molecule has 3 rings (SSSR count). The molecule has 3 aromatic rings. The van der Waals surface area contributed by atoms with E-state index < -0.39 is 17.8 Å². The van der Waals surface area contributed by atoms with Crippen LogP contribution < -0.4 is 5.32 Å². The van der Waals surface area contributed by atoms with E-state index in [1.54, 1.807) is 11.3 Å². The number of rotatable bonds is 5. The van der Waals surface area contributed by atoms with E-state index in [0.29, 0.717) is 5.56 Å². The second-order valence-corrected chi connectivity index (χ2v) is 6.80. The highest BCUT2D eigenvalue weighted by atomic mass is 35.5. The molecule has 2 N–H and O–H groups in total. The third kappa shape index (κ3) is 4.25. The summed E-state index contributed by atoms with van der Waals surface area (Å²) in [6.45, 7) is 0.0326. The first-order chi connectivity index (χ1) is 12.0. The number of aliphatic hydroxyl groups is 1. The molecule has 1 heterocycles. The number of carbonyl (C=O) groups excluding carboxylic acids is 1. The van der Waals surface area contributed by atoms with Crippen molar-refractivity contribution in [2.45, 2.75) is 6.10 Å². The zero-order chi connectivity index (χ0) is 17.8. The molecule has 0 aliphatic rings. The average molecular weight is 376 g/mol. The molecule has 2 aromatic carbocycles. The Labute approximate surface area is 153 Å². The number of thiophene rings is 1. The molecule has 0 radical (unpaired) electrons. The van der Waals surface area contributed by atoms with Crippen LogP contribution in [-0.4, -0.2) is 17.6 Å². The van der Waals surface area contributed by atoms with Gasteiger partial charge in [0.1, 0.15) is 5.82 Å². The third-order valence-corrected chi connectivity index (χ3v) is 4.96. The number of nitrogens with one attached hydrogen (secondary N) is 1. The van der Waals surface area contributed by atoms with Crippen LogP contribution in [0.5, 0.6) is 0 Å². The molecule has 0 fully saturated rings. The Morgan fingerprint density at radius 2 is 1.96 bits per heavy atom. The van der Waals surface area contributed by atoms with Crippen molar-refractivity contribution in [1.29, 1.82) is 0 Å². The van der Waals surface area contributed by atoms with Crippen LogP contribution in [0.1, 0.15) is 22.0 Å². The number of halogens is 2. The number of hydrogen-bond acceptors (Lipinski definition) is 3. The van der Waals surface area contributed by atoms with Gasteiger partial charge < -0.3 is 10.4 Å². The van der Waals surface area contributed by atoms with E-state index in [2.05, 4.69) is 5.32 Å². The molecular formula is C19H15ClFNO2S. The molecular weight excluding hydrogens is 361 g/mol. The average Bonchev–Trinajstić information content (AvgIpc) is 3.14. The highest BCUT2D eigenvalue weighted by Gasteiger charge is 2.14. The van der Waals surface area contributed by atoms with Gasteiger partial charge in [-0.05, 0) is 40.8 Å². The molecule has 128 valence electrons. The molecule has 0 saturated carbocycles. The summed E-state index contributed by atoms with van der Waals surface area (Å²) in [7, 11) is 0. The first-order valence-electron chi connectivity index (χ1n) is 7.60. The number of hydrogen-bond donors (Lipinski definition) is 2. The van der Waals surface area contributed by atoms with Crippen LogP contribution in [0.2, 0.25) is 5.02 Å². The summed E-state index contributed by atoms with van der Waals surface area (Å²) in [6, 6.07) is 15.1. The van der Waals surface area contributed by atoms with Gasteiger partial charge in [-0.1, -0.05) is 41.9 Å². The number of benzene rings is 2. The molecule has 1 unspecified atom stereocenters. The van der Waals surface area contributed by atoms with E-state index in [4.69, 9.17) is 11.6 Å². The van der Waals surface area contributed by atoms with Crippen LogP contribution >= 0.6 is 22.9 Å². The molecule has 0 bridgehead atoms. The Kier molecular flexibility index (Phi) is 5.48. The number of amides is 1. The van der Waals surface area contributed by atoms with E-state index in [1.165, 1.54) is 12.1 Å². The fourth-order valence-electron chi connectivity index (χ4n) is 2.39. The van der Waals surface area contributed by atoms with Gasteiger partial charge in [-0.15, -0.1) is 11.3 Å². The van der Waals surface area contributed by atoms with Crippen molar-refractivity contribution in [2.75, 3.05) is 6.54 Å². The number of aliphatic hydroxyl groups excluding tert-OH is 1. The maximum atomic E-state index is 13.0. The zero-order valence-electron chi connectivity index (χ0n) is 13.1. The summed E-state index contributed by atoms with van der Waals surface area (Å²) in [5.74, 6) is -0.966. The lowest BCUT2D eigenvalue weighted by molar-refractivity contribution is 0.0916. The summed E-state index contributed by atoms with van der Waals surface area (Å²) in [5.41, 5.74) is 1.95. The molecule has 0 aliphatic heterocycles. The van der Waals surface area contributed by atoms with Crippen molar-refractivity contribution in [1.82, 2.24) is 5.32 Å². The van der Waals surface area contributed by atoms with E-state index in [0.717, 1.165) is 16.5 Å². The summed E-state index contributed by atoms with van der Waals surface area (Å²) in [6.07, 6.45) is -0.847.